The molecular weight excluding hydrogens is 340 g/mol. The molecule has 0 N–H and O–H groups in total. The van der Waals surface area contributed by atoms with Crippen molar-refractivity contribution in [2.45, 2.75) is 38.5 Å². The summed E-state index contributed by atoms with van der Waals surface area (Å²) in [4.78, 5) is 2.32. The van der Waals surface area contributed by atoms with Crippen molar-refractivity contribution in [3.05, 3.63) is 91.0 Å². The van der Waals surface area contributed by atoms with Gasteiger partial charge < -0.3 is 12.3 Å². The third-order valence-corrected chi connectivity index (χ3v) is 6.39. The molecule has 2 heterocycles. The van der Waals surface area contributed by atoms with Gasteiger partial charge in [0.1, 0.15) is 7.05 Å². The summed E-state index contributed by atoms with van der Waals surface area (Å²) in [6, 6.07) is 17.4. The monoisotopic (exact) mass is 372 g/mol. The lowest BCUT2D eigenvalue weighted by molar-refractivity contribution is -0.401. The van der Waals surface area contributed by atoms with E-state index in [-0.39, 0.29) is 18.3 Å². The maximum Gasteiger partial charge on any atom is 0.209 e. The fourth-order valence-electron chi connectivity index (χ4n) is 4.83. The van der Waals surface area contributed by atoms with Gasteiger partial charge in [0.25, 0.3) is 0 Å². The lowest BCUT2D eigenvalue weighted by Crippen LogP contribution is -2.26. The number of fused-ring (bicyclic) bond motifs is 2. The highest BCUT2D eigenvalue weighted by molar-refractivity contribution is 6.03. The highest BCUT2D eigenvalue weighted by Gasteiger charge is 2.42. The zero-order chi connectivity index (χ0) is 19.4. The molecule has 0 aromatic heterocycles. The van der Waals surface area contributed by atoms with Crippen LogP contribution in [0.3, 0.4) is 0 Å². The molecule has 2 aliphatic heterocycles. The standard InChI is InChI=1S/C25H29N2.CH3/c1-24(2)18-12-7-9-14-20(18)26(5)22(24)16-11-17-23-25(3,4)19-13-8-10-15-21(19)27(23)6;/h7-17H,1-6H3;1H3/q+1;-1. The van der Waals surface area contributed by atoms with Gasteiger partial charge in [0.2, 0.25) is 5.69 Å². The van der Waals surface area contributed by atoms with Crippen molar-refractivity contribution >= 4 is 17.1 Å². The number of nitrogens with zero attached hydrogens (tertiary/aromatic N) is 2. The number of rotatable bonds is 2. The summed E-state index contributed by atoms with van der Waals surface area (Å²) in [6.07, 6.45) is 6.78. The van der Waals surface area contributed by atoms with Crippen LogP contribution in [-0.4, -0.2) is 24.4 Å². The van der Waals surface area contributed by atoms with Crippen LogP contribution in [-0.2, 0) is 10.8 Å². The molecule has 4 rings (SSSR count). The second kappa shape index (κ2) is 6.77. The predicted octanol–water partition coefficient (Wildman–Crippen LogP) is 6.01. The van der Waals surface area contributed by atoms with E-state index in [0.717, 1.165) is 0 Å². The summed E-state index contributed by atoms with van der Waals surface area (Å²) >= 11 is 0. The first-order valence-corrected chi connectivity index (χ1v) is 9.69. The Balaban J connectivity index is 0.00000225. The summed E-state index contributed by atoms with van der Waals surface area (Å²) in [5.74, 6) is 0. The van der Waals surface area contributed by atoms with E-state index in [1.54, 1.807) is 0 Å². The maximum absolute atomic E-state index is 2.32. The maximum atomic E-state index is 2.32. The van der Waals surface area contributed by atoms with Gasteiger partial charge in [-0.1, -0.05) is 56.3 Å². The molecule has 0 atom stereocenters. The molecule has 2 heteroatoms. The Hall–Kier alpha value is -2.61. The van der Waals surface area contributed by atoms with Crippen LogP contribution in [0, 0.1) is 7.43 Å². The molecule has 2 nitrogen and oxygen atoms in total. The molecule has 0 bridgehead atoms. The van der Waals surface area contributed by atoms with E-state index in [4.69, 9.17) is 0 Å². The summed E-state index contributed by atoms with van der Waals surface area (Å²) in [5.41, 5.74) is 8.09. The molecule has 146 valence electrons. The summed E-state index contributed by atoms with van der Waals surface area (Å²) in [5, 5.41) is 0. The lowest BCUT2D eigenvalue weighted by Gasteiger charge is -2.23. The number of likely N-dealkylation sites (N-methyl/N-ethyl adjacent to an activating group) is 1. The molecule has 0 spiro atoms. The largest absolute Gasteiger partial charge is 0.358 e. The van der Waals surface area contributed by atoms with E-state index in [0.29, 0.717) is 0 Å². The van der Waals surface area contributed by atoms with Crippen LogP contribution in [0.1, 0.15) is 38.8 Å². The van der Waals surface area contributed by atoms with Crippen LogP contribution in [0.15, 0.2) is 72.5 Å². The van der Waals surface area contributed by atoms with Gasteiger partial charge in [-0.3, -0.25) is 0 Å². The number of allylic oxidation sites excluding steroid dienone is 4. The van der Waals surface area contributed by atoms with E-state index >= 15 is 0 Å². The Bertz CT molecular complexity index is 1000. The zero-order valence-corrected chi connectivity index (χ0v) is 18.2. The molecule has 0 radical (unpaired) electrons. The Kier molecular flexibility index (Phi) is 4.87. The van der Waals surface area contributed by atoms with Crippen molar-refractivity contribution in [3.8, 4) is 0 Å². The fraction of sp³-hybridized carbons (Fsp3) is 0.308. The first kappa shape index (κ1) is 20.1. The normalized spacial score (nSPS) is 20.5. The van der Waals surface area contributed by atoms with E-state index < -0.39 is 0 Å². The summed E-state index contributed by atoms with van der Waals surface area (Å²) in [7, 11) is 4.34. The van der Waals surface area contributed by atoms with Gasteiger partial charge >= 0.3 is 0 Å². The second-order valence-electron chi connectivity index (χ2n) is 8.70. The molecule has 0 fully saturated rings. The number of hydrogen-bond donors (Lipinski definition) is 0. The van der Waals surface area contributed by atoms with Gasteiger partial charge in [-0.05, 0) is 31.6 Å². The number of hydrogen-bond acceptors (Lipinski definition) is 1. The molecule has 0 saturated heterocycles. The Morgan fingerprint density at radius 1 is 0.857 bits per heavy atom. The zero-order valence-electron chi connectivity index (χ0n) is 18.2. The van der Waals surface area contributed by atoms with Crippen molar-refractivity contribution in [3.63, 3.8) is 0 Å². The van der Waals surface area contributed by atoms with E-state index in [2.05, 4.69) is 118 Å². The Morgan fingerprint density at radius 3 is 2.11 bits per heavy atom. The average molecular weight is 373 g/mol. The molecule has 0 aliphatic carbocycles. The summed E-state index contributed by atoms with van der Waals surface area (Å²) < 4.78 is 2.32. The van der Waals surface area contributed by atoms with Gasteiger partial charge in [0.15, 0.2) is 5.71 Å². The minimum atomic E-state index is 0. The van der Waals surface area contributed by atoms with Crippen molar-refractivity contribution in [2.24, 2.45) is 0 Å². The predicted molar refractivity (Wildman–Crippen MR) is 122 cm³/mol. The third-order valence-electron chi connectivity index (χ3n) is 6.39. The SMILES string of the molecule is CN1C(=CC=CC2=[N+](C)c3ccccc3C2(C)C)C(C)(C)c2ccccc21.[CH3-]. The quantitative estimate of drug-likeness (QED) is 0.462. The minimum Gasteiger partial charge on any atom is -0.358 e. The third kappa shape index (κ3) is 2.74. The van der Waals surface area contributed by atoms with Gasteiger partial charge in [-0.15, -0.1) is 0 Å². The van der Waals surface area contributed by atoms with Gasteiger partial charge in [0.05, 0.1) is 5.41 Å². The number of para-hydroxylation sites is 2. The van der Waals surface area contributed by atoms with Crippen LogP contribution >= 0.6 is 0 Å². The van der Waals surface area contributed by atoms with Crippen molar-refractivity contribution in [2.75, 3.05) is 19.0 Å². The van der Waals surface area contributed by atoms with Crippen molar-refractivity contribution < 1.29 is 4.58 Å². The van der Waals surface area contributed by atoms with Gasteiger partial charge in [0, 0.05) is 41.6 Å². The first-order chi connectivity index (χ1) is 12.8. The Labute approximate surface area is 170 Å². The van der Waals surface area contributed by atoms with Crippen LogP contribution in [0.5, 0.6) is 0 Å². The first-order valence-electron chi connectivity index (χ1n) is 9.69. The number of anilines is 1. The molecule has 2 aromatic carbocycles. The minimum absolute atomic E-state index is 0. The topological polar surface area (TPSA) is 6.25 Å². The Morgan fingerprint density at radius 2 is 1.46 bits per heavy atom. The second-order valence-corrected chi connectivity index (χ2v) is 8.70. The summed E-state index contributed by atoms with van der Waals surface area (Å²) in [6.45, 7) is 9.24. The van der Waals surface area contributed by atoms with Crippen LogP contribution in [0.4, 0.5) is 11.4 Å². The highest BCUT2D eigenvalue weighted by atomic mass is 15.2. The van der Waals surface area contributed by atoms with Gasteiger partial charge in [-0.2, -0.15) is 4.58 Å². The fourth-order valence-corrected chi connectivity index (χ4v) is 4.83. The van der Waals surface area contributed by atoms with E-state index in [1.165, 1.54) is 33.9 Å². The molecule has 0 amide bonds. The molecular formula is C26H32N2. The molecule has 0 saturated carbocycles. The van der Waals surface area contributed by atoms with Gasteiger partial charge in [-0.25, -0.2) is 0 Å². The van der Waals surface area contributed by atoms with E-state index in [9.17, 15) is 0 Å². The van der Waals surface area contributed by atoms with Crippen molar-refractivity contribution in [1.82, 2.24) is 0 Å². The van der Waals surface area contributed by atoms with Crippen LogP contribution in [0.25, 0.3) is 0 Å². The molecule has 2 aliphatic rings. The van der Waals surface area contributed by atoms with E-state index in [1.807, 2.05) is 0 Å². The smallest absolute Gasteiger partial charge is 0.209 e. The van der Waals surface area contributed by atoms with Crippen molar-refractivity contribution in [1.29, 1.82) is 0 Å². The average Bonchev–Trinajstić information content (AvgIpc) is 2.96. The van der Waals surface area contributed by atoms with Crippen LogP contribution in [0.2, 0.25) is 0 Å². The molecule has 2 aromatic rings. The molecule has 0 unspecified atom stereocenters. The highest BCUT2D eigenvalue weighted by Crippen LogP contribution is 2.46. The number of benzene rings is 2. The van der Waals surface area contributed by atoms with Crippen LogP contribution < -0.4 is 4.90 Å². The lowest BCUT2D eigenvalue weighted by atomic mass is 9.81. The molecule has 28 heavy (non-hydrogen) atoms.